The Morgan fingerprint density at radius 1 is 1.21 bits per heavy atom. The summed E-state index contributed by atoms with van der Waals surface area (Å²) >= 11 is 0. The van der Waals surface area contributed by atoms with Crippen LogP contribution < -0.4 is 10.4 Å². The van der Waals surface area contributed by atoms with Crippen LogP contribution in [0.5, 0.6) is 5.75 Å². The van der Waals surface area contributed by atoms with Crippen LogP contribution in [-0.4, -0.2) is 25.0 Å². The number of aryl methyl sites for hydroxylation is 2. The Labute approximate surface area is 139 Å². The highest BCUT2D eigenvalue weighted by Crippen LogP contribution is 2.30. The molecule has 0 fully saturated rings. The van der Waals surface area contributed by atoms with Crippen LogP contribution in [0.15, 0.2) is 21.3 Å². The van der Waals surface area contributed by atoms with E-state index in [1.54, 1.807) is 32.9 Å². The Kier molecular flexibility index (Phi) is 5.07. The predicted molar refractivity (Wildman–Crippen MR) is 88.4 cm³/mol. The molecule has 2 rings (SSSR count). The van der Waals surface area contributed by atoms with Crippen molar-refractivity contribution in [1.29, 1.82) is 0 Å². The summed E-state index contributed by atoms with van der Waals surface area (Å²) in [6.45, 7) is 6.62. The van der Waals surface area contributed by atoms with Crippen molar-refractivity contribution < 1.29 is 23.5 Å². The van der Waals surface area contributed by atoms with Gasteiger partial charge in [-0.15, -0.1) is 0 Å². The number of esters is 1. The van der Waals surface area contributed by atoms with E-state index in [0.717, 1.165) is 0 Å². The lowest BCUT2D eigenvalue weighted by Gasteiger charge is -2.15. The second-order valence-electron chi connectivity index (χ2n) is 5.68. The molecule has 0 bridgehead atoms. The molecular weight excluding hydrogens is 312 g/mol. The number of hydrogen-bond acceptors (Lipinski definition) is 6. The molecule has 2 aromatic rings. The van der Waals surface area contributed by atoms with Crippen molar-refractivity contribution in [3.63, 3.8) is 0 Å². The van der Waals surface area contributed by atoms with Gasteiger partial charge in [0, 0.05) is 10.9 Å². The van der Waals surface area contributed by atoms with E-state index in [1.165, 1.54) is 14.0 Å². The summed E-state index contributed by atoms with van der Waals surface area (Å²) in [5.41, 5.74) is 1.38. The number of methoxy groups -OCH3 is 1. The summed E-state index contributed by atoms with van der Waals surface area (Å²) < 4.78 is 15.6. The molecule has 128 valence electrons. The number of ether oxygens (including phenoxy) is 2. The number of Topliss-reactive ketones (excluding diaryl/α,β-unsaturated/α-hetero) is 1. The molecule has 24 heavy (non-hydrogen) atoms. The minimum Gasteiger partial charge on any atom is -0.483 e. The molecule has 0 aliphatic carbocycles. The fourth-order valence-corrected chi connectivity index (χ4v) is 2.39. The largest absolute Gasteiger partial charge is 0.483 e. The van der Waals surface area contributed by atoms with Gasteiger partial charge in [-0.1, -0.05) is 0 Å². The molecule has 6 heteroatoms. The van der Waals surface area contributed by atoms with E-state index in [9.17, 15) is 14.4 Å². The van der Waals surface area contributed by atoms with Crippen molar-refractivity contribution in [2.45, 2.75) is 40.2 Å². The SMILES string of the molecule is COC(=O)Cc1c(C)c2ccc(O[C@H](C)C(C)=O)c(C)c2oc1=O. The third-order valence-corrected chi connectivity index (χ3v) is 4.08. The maximum absolute atomic E-state index is 12.2. The molecule has 0 saturated heterocycles. The van der Waals surface area contributed by atoms with E-state index in [1.807, 2.05) is 0 Å². The van der Waals surface area contributed by atoms with E-state index in [-0.39, 0.29) is 17.8 Å². The number of carbonyl (C=O) groups is 2. The molecule has 0 spiro atoms. The topological polar surface area (TPSA) is 82.8 Å². The van der Waals surface area contributed by atoms with Gasteiger partial charge in [-0.25, -0.2) is 4.79 Å². The van der Waals surface area contributed by atoms with Gasteiger partial charge in [0.1, 0.15) is 11.3 Å². The van der Waals surface area contributed by atoms with Crippen molar-refractivity contribution in [3.05, 3.63) is 39.2 Å². The van der Waals surface area contributed by atoms with Crippen LogP contribution in [0.3, 0.4) is 0 Å². The third kappa shape index (κ3) is 3.32. The lowest BCUT2D eigenvalue weighted by molar-refractivity contribution is -0.139. The molecule has 1 atom stereocenters. The van der Waals surface area contributed by atoms with E-state index in [2.05, 4.69) is 4.74 Å². The Bertz CT molecular complexity index is 862. The minimum atomic E-state index is -0.590. The maximum atomic E-state index is 12.2. The molecule has 0 N–H and O–H groups in total. The average molecular weight is 332 g/mol. The Balaban J connectivity index is 2.57. The monoisotopic (exact) mass is 332 g/mol. The first-order valence-electron chi connectivity index (χ1n) is 7.56. The highest BCUT2D eigenvalue weighted by molar-refractivity contribution is 5.87. The van der Waals surface area contributed by atoms with E-state index < -0.39 is 17.7 Å². The van der Waals surface area contributed by atoms with Gasteiger partial charge in [0.15, 0.2) is 11.9 Å². The summed E-state index contributed by atoms with van der Waals surface area (Å²) in [4.78, 5) is 35.1. The first kappa shape index (κ1) is 17.7. The van der Waals surface area contributed by atoms with E-state index in [4.69, 9.17) is 9.15 Å². The van der Waals surface area contributed by atoms with Gasteiger partial charge in [-0.3, -0.25) is 9.59 Å². The van der Waals surface area contributed by atoms with Gasteiger partial charge in [0.2, 0.25) is 0 Å². The van der Waals surface area contributed by atoms with Crippen LogP contribution >= 0.6 is 0 Å². The van der Waals surface area contributed by atoms with Crippen LogP contribution in [0, 0.1) is 13.8 Å². The molecule has 0 aliphatic heterocycles. The van der Waals surface area contributed by atoms with Crippen LogP contribution in [0.4, 0.5) is 0 Å². The quantitative estimate of drug-likeness (QED) is 0.618. The van der Waals surface area contributed by atoms with Crippen molar-refractivity contribution in [2.75, 3.05) is 7.11 Å². The highest BCUT2D eigenvalue weighted by Gasteiger charge is 2.19. The summed E-state index contributed by atoms with van der Waals surface area (Å²) in [5.74, 6) is -0.120. The van der Waals surface area contributed by atoms with Crippen molar-refractivity contribution in [2.24, 2.45) is 0 Å². The number of ketones is 1. The van der Waals surface area contributed by atoms with Gasteiger partial charge in [0.25, 0.3) is 0 Å². The molecular formula is C18H20O6. The molecule has 0 unspecified atom stereocenters. The van der Waals surface area contributed by atoms with Crippen LogP contribution in [0.25, 0.3) is 11.0 Å². The molecule has 0 saturated carbocycles. The highest BCUT2D eigenvalue weighted by atomic mass is 16.5. The van der Waals surface area contributed by atoms with Crippen molar-refractivity contribution in [1.82, 2.24) is 0 Å². The van der Waals surface area contributed by atoms with Gasteiger partial charge in [-0.2, -0.15) is 0 Å². The zero-order chi connectivity index (χ0) is 18.0. The molecule has 0 aliphatic rings. The lowest BCUT2D eigenvalue weighted by atomic mass is 10.0. The van der Waals surface area contributed by atoms with E-state index in [0.29, 0.717) is 27.8 Å². The zero-order valence-corrected chi connectivity index (χ0v) is 14.4. The summed E-state index contributed by atoms with van der Waals surface area (Å²) in [5, 5.41) is 0.717. The zero-order valence-electron chi connectivity index (χ0n) is 14.4. The van der Waals surface area contributed by atoms with Gasteiger partial charge < -0.3 is 13.9 Å². The Hall–Kier alpha value is -2.63. The summed E-state index contributed by atoms with van der Waals surface area (Å²) in [6, 6.07) is 3.48. The lowest BCUT2D eigenvalue weighted by Crippen LogP contribution is -2.21. The second-order valence-corrected chi connectivity index (χ2v) is 5.68. The second kappa shape index (κ2) is 6.86. The molecule has 6 nitrogen and oxygen atoms in total. The van der Waals surface area contributed by atoms with Gasteiger partial charge in [0.05, 0.1) is 19.1 Å². The fraction of sp³-hybridized carbons (Fsp3) is 0.389. The average Bonchev–Trinajstić information content (AvgIpc) is 2.54. The first-order chi connectivity index (χ1) is 11.3. The summed E-state index contributed by atoms with van der Waals surface area (Å²) in [6.07, 6.45) is -0.730. The molecule has 0 radical (unpaired) electrons. The van der Waals surface area contributed by atoms with Gasteiger partial charge >= 0.3 is 11.6 Å². The predicted octanol–water partition coefficient (Wildman–Crippen LogP) is 2.48. The number of fused-ring (bicyclic) bond motifs is 1. The third-order valence-electron chi connectivity index (χ3n) is 4.08. The van der Waals surface area contributed by atoms with E-state index >= 15 is 0 Å². The van der Waals surface area contributed by atoms with Crippen LogP contribution in [0.1, 0.15) is 30.5 Å². The first-order valence-corrected chi connectivity index (χ1v) is 7.56. The number of rotatable bonds is 5. The maximum Gasteiger partial charge on any atom is 0.340 e. The number of carbonyl (C=O) groups excluding carboxylic acids is 2. The van der Waals surface area contributed by atoms with Crippen molar-refractivity contribution >= 4 is 22.7 Å². The smallest absolute Gasteiger partial charge is 0.340 e. The minimum absolute atomic E-state index is 0.0967. The van der Waals surface area contributed by atoms with Crippen LogP contribution in [-0.2, 0) is 20.7 Å². The number of hydrogen-bond donors (Lipinski definition) is 0. The fourth-order valence-electron chi connectivity index (χ4n) is 2.39. The Morgan fingerprint density at radius 3 is 2.46 bits per heavy atom. The Morgan fingerprint density at radius 2 is 1.88 bits per heavy atom. The summed E-state index contributed by atoms with van der Waals surface area (Å²) in [7, 11) is 1.27. The number of benzene rings is 1. The standard InChI is InChI=1S/C18H20O6/c1-9-13-6-7-15(23-12(4)11(3)19)10(2)17(13)24-18(21)14(9)8-16(20)22-5/h6-7,12H,8H2,1-5H3/t12-/m1/s1. The molecule has 1 heterocycles. The normalized spacial score (nSPS) is 12.0. The molecule has 1 aromatic heterocycles. The molecule has 1 aromatic carbocycles. The van der Waals surface area contributed by atoms with Crippen LogP contribution in [0.2, 0.25) is 0 Å². The molecule has 0 amide bonds. The van der Waals surface area contributed by atoms with Crippen molar-refractivity contribution in [3.8, 4) is 5.75 Å². The van der Waals surface area contributed by atoms with Gasteiger partial charge in [-0.05, 0) is 45.4 Å².